The van der Waals surface area contributed by atoms with E-state index in [1.807, 2.05) is 12.1 Å². The van der Waals surface area contributed by atoms with Crippen molar-refractivity contribution < 1.29 is 9.84 Å². The van der Waals surface area contributed by atoms with Gasteiger partial charge >= 0.3 is 0 Å². The zero-order chi connectivity index (χ0) is 9.97. The first-order valence-corrected chi connectivity index (χ1v) is 4.82. The molecule has 0 saturated carbocycles. The van der Waals surface area contributed by atoms with Crippen molar-refractivity contribution in [3.63, 3.8) is 0 Å². The molecule has 0 radical (unpaired) electrons. The minimum absolute atomic E-state index is 0.00472. The van der Waals surface area contributed by atoms with Crippen LogP contribution in [0.2, 0.25) is 0 Å². The minimum Gasteiger partial charge on any atom is -0.493 e. The van der Waals surface area contributed by atoms with Crippen molar-refractivity contribution in [1.82, 2.24) is 0 Å². The van der Waals surface area contributed by atoms with Crippen LogP contribution in [-0.4, -0.2) is 11.2 Å². The third-order valence-corrected chi connectivity index (χ3v) is 2.41. The number of hydrogen-bond donors (Lipinski definition) is 1. The van der Waals surface area contributed by atoms with Crippen LogP contribution >= 0.6 is 0 Å². The molecular formula is C12H14O2. The monoisotopic (exact) mass is 190 g/mol. The molecule has 0 aromatic heterocycles. The molecule has 0 amide bonds. The Kier molecular flexibility index (Phi) is 2.55. The van der Waals surface area contributed by atoms with Crippen LogP contribution in [0.3, 0.4) is 0 Å². The average molecular weight is 190 g/mol. The smallest absolute Gasteiger partial charge is 0.126 e. The SMILES string of the molecule is Cc1cccc(C2CC(O)C=CO2)c1. The van der Waals surface area contributed by atoms with E-state index in [0.29, 0.717) is 6.42 Å². The average Bonchev–Trinajstić information content (AvgIpc) is 2.18. The lowest BCUT2D eigenvalue weighted by Gasteiger charge is -2.23. The number of rotatable bonds is 1. The van der Waals surface area contributed by atoms with Gasteiger partial charge in [-0.05, 0) is 18.6 Å². The maximum absolute atomic E-state index is 9.44. The zero-order valence-corrected chi connectivity index (χ0v) is 8.18. The molecule has 74 valence electrons. The largest absolute Gasteiger partial charge is 0.493 e. The van der Waals surface area contributed by atoms with Gasteiger partial charge in [0.05, 0.1) is 12.4 Å². The summed E-state index contributed by atoms with van der Waals surface area (Å²) < 4.78 is 5.45. The molecule has 2 heteroatoms. The predicted molar refractivity (Wildman–Crippen MR) is 54.8 cm³/mol. The molecule has 2 nitrogen and oxygen atoms in total. The summed E-state index contributed by atoms with van der Waals surface area (Å²) in [6.45, 7) is 2.05. The van der Waals surface area contributed by atoms with Gasteiger partial charge in [0, 0.05) is 6.42 Å². The van der Waals surface area contributed by atoms with Gasteiger partial charge in [0.15, 0.2) is 0 Å². The quantitative estimate of drug-likeness (QED) is 0.736. The summed E-state index contributed by atoms with van der Waals surface area (Å²) >= 11 is 0. The van der Waals surface area contributed by atoms with Crippen molar-refractivity contribution in [3.8, 4) is 0 Å². The molecule has 2 atom stereocenters. The maximum Gasteiger partial charge on any atom is 0.126 e. The molecule has 1 aliphatic heterocycles. The predicted octanol–water partition coefficient (Wildman–Crippen LogP) is 2.33. The highest BCUT2D eigenvalue weighted by Gasteiger charge is 2.18. The Morgan fingerprint density at radius 2 is 2.29 bits per heavy atom. The normalized spacial score (nSPS) is 25.9. The van der Waals surface area contributed by atoms with Gasteiger partial charge < -0.3 is 9.84 Å². The maximum atomic E-state index is 9.44. The van der Waals surface area contributed by atoms with Crippen molar-refractivity contribution >= 4 is 0 Å². The van der Waals surface area contributed by atoms with E-state index in [2.05, 4.69) is 19.1 Å². The Hall–Kier alpha value is -1.28. The Morgan fingerprint density at radius 3 is 3.00 bits per heavy atom. The van der Waals surface area contributed by atoms with Crippen molar-refractivity contribution in [1.29, 1.82) is 0 Å². The summed E-state index contributed by atoms with van der Waals surface area (Å²) in [6.07, 6.45) is 3.51. The van der Waals surface area contributed by atoms with E-state index in [9.17, 15) is 5.11 Å². The standard InChI is InChI=1S/C12H14O2/c1-9-3-2-4-10(7-9)12-8-11(13)5-6-14-12/h2-7,11-13H,8H2,1H3. The molecular weight excluding hydrogens is 176 g/mol. The Balaban J connectivity index is 2.19. The Labute approximate surface area is 83.8 Å². The number of benzene rings is 1. The lowest BCUT2D eigenvalue weighted by Crippen LogP contribution is -2.15. The number of ether oxygens (including phenoxy) is 1. The topological polar surface area (TPSA) is 29.5 Å². The second-order valence-electron chi connectivity index (χ2n) is 3.67. The van der Waals surface area contributed by atoms with E-state index in [4.69, 9.17) is 4.74 Å². The van der Waals surface area contributed by atoms with E-state index in [1.54, 1.807) is 12.3 Å². The third kappa shape index (κ3) is 1.96. The zero-order valence-electron chi connectivity index (χ0n) is 8.18. The van der Waals surface area contributed by atoms with Gasteiger partial charge in [-0.1, -0.05) is 29.8 Å². The summed E-state index contributed by atoms with van der Waals surface area (Å²) in [5, 5.41) is 9.44. The van der Waals surface area contributed by atoms with E-state index in [0.717, 1.165) is 5.56 Å². The fourth-order valence-corrected chi connectivity index (χ4v) is 1.67. The van der Waals surface area contributed by atoms with Crippen LogP contribution in [0.25, 0.3) is 0 Å². The van der Waals surface area contributed by atoms with Gasteiger partial charge in [0.2, 0.25) is 0 Å². The summed E-state index contributed by atoms with van der Waals surface area (Å²) in [4.78, 5) is 0. The summed E-state index contributed by atoms with van der Waals surface area (Å²) in [5.41, 5.74) is 2.35. The number of aryl methyl sites for hydroxylation is 1. The van der Waals surface area contributed by atoms with E-state index in [1.165, 1.54) is 5.56 Å². The Morgan fingerprint density at radius 1 is 1.43 bits per heavy atom. The van der Waals surface area contributed by atoms with Crippen LogP contribution in [0.1, 0.15) is 23.7 Å². The molecule has 0 saturated heterocycles. The first-order chi connectivity index (χ1) is 6.75. The summed E-state index contributed by atoms with van der Waals surface area (Å²) in [5.74, 6) is 0. The summed E-state index contributed by atoms with van der Waals surface area (Å²) in [6, 6.07) is 8.19. The van der Waals surface area contributed by atoms with Gasteiger partial charge in [-0.15, -0.1) is 0 Å². The highest BCUT2D eigenvalue weighted by molar-refractivity contribution is 5.25. The second kappa shape index (κ2) is 3.84. The van der Waals surface area contributed by atoms with Crippen LogP contribution in [0.15, 0.2) is 36.6 Å². The second-order valence-corrected chi connectivity index (χ2v) is 3.67. The van der Waals surface area contributed by atoms with Gasteiger partial charge in [0.1, 0.15) is 6.10 Å². The first-order valence-electron chi connectivity index (χ1n) is 4.82. The van der Waals surface area contributed by atoms with E-state index in [-0.39, 0.29) is 12.2 Å². The van der Waals surface area contributed by atoms with Crippen molar-refractivity contribution in [2.24, 2.45) is 0 Å². The lowest BCUT2D eigenvalue weighted by molar-refractivity contribution is 0.0641. The highest BCUT2D eigenvalue weighted by Crippen LogP contribution is 2.27. The molecule has 2 unspecified atom stereocenters. The van der Waals surface area contributed by atoms with Gasteiger partial charge in [-0.25, -0.2) is 0 Å². The van der Waals surface area contributed by atoms with Crippen molar-refractivity contribution in [3.05, 3.63) is 47.7 Å². The molecule has 1 aromatic carbocycles. The van der Waals surface area contributed by atoms with E-state index >= 15 is 0 Å². The molecule has 1 aliphatic rings. The molecule has 0 spiro atoms. The van der Waals surface area contributed by atoms with Crippen LogP contribution < -0.4 is 0 Å². The molecule has 1 heterocycles. The lowest BCUT2D eigenvalue weighted by atomic mass is 10.0. The molecule has 0 fully saturated rings. The molecule has 1 N–H and O–H groups in total. The van der Waals surface area contributed by atoms with Crippen LogP contribution in [0.5, 0.6) is 0 Å². The first kappa shape index (κ1) is 9.28. The molecule has 14 heavy (non-hydrogen) atoms. The Bertz CT molecular complexity index is 344. The van der Waals surface area contributed by atoms with E-state index < -0.39 is 0 Å². The van der Waals surface area contributed by atoms with Gasteiger partial charge in [-0.2, -0.15) is 0 Å². The molecule has 1 aromatic rings. The van der Waals surface area contributed by atoms with Crippen molar-refractivity contribution in [2.45, 2.75) is 25.6 Å². The number of aliphatic hydroxyl groups excluding tert-OH is 1. The molecule has 0 bridgehead atoms. The minimum atomic E-state index is -0.380. The van der Waals surface area contributed by atoms with Crippen LogP contribution in [0.4, 0.5) is 0 Å². The van der Waals surface area contributed by atoms with Crippen LogP contribution in [-0.2, 0) is 4.74 Å². The molecule has 2 rings (SSSR count). The fourth-order valence-electron chi connectivity index (χ4n) is 1.67. The van der Waals surface area contributed by atoms with Crippen molar-refractivity contribution in [2.75, 3.05) is 0 Å². The highest BCUT2D eigenvalue weighted by atomic mass is 16.5. The fraction of sp³-hybridized carbons (Fsp3) is 0.333. The number of hydrogen-bond acceptors (Lipinski definition) is 2. The van der Waals surface area contributed by atoms with Gasteiger partial charge in [-0.3, -0.25) is 0 Å². The third-order valence-electron chi connectivity index (χ3n) is 2.41. The molecule has 0 aliphatic carbocycles. The summed E-state index contributed by atoms with van der Waals surface area (Å²) in [7, 11) is 0. The van der Waals surface area contributed by atoms with Gasteiger partial charge in [0.25, 0.3) is 0 Å². The number of aliphatic hydroxyl groups is 1. The van der Waals surface area contributed by atoms with Crippen LogP contribution in [0, 0.1) is 6.92 Å².